The van der Waals surface area contributed by atoms with Crippen molar-refractivity contribution < 1.29 is 13.2 Å². The van der Waals surface area contributed by atoms with Crippen molar-refractivity contribution in [3.05, 3.63) is 29.8 Å². The lowest BCUT2D eigenvalue weighted by molar-refractivity contribution is -0.0688. The molecular formula is C20H27NO3S. The molecule has 0 spiro atoms. The van der Waals surface area contributed by atoms with E-state index in [4.69, 9.17) is 0 Å². The Hall–Kier alpha value is -1.36. The summed E-state index contributed by atoms with van der Waals surface area (Å²) in [7, 11) is -3.30. The van der Waals surface area contributed by atoms with Crippen LogP contribution in [0, 0.1) is 23.2 Å². The molecule has 4 saturated carbocycles. The van der Waals surface area contributed by atoms with E-state index in [0.717, 1.165) is 17.8 Å². The maximum absolute atomic E-state index is 12.7. The second kappa shape index (κ2) is 5.83. The van der Waals surface area contributed by atoms with E-state index in [0.29, 0.717) is 5.56 Å². The fraction of sp³-hybridized carbons (Fsp3) is 0.650. The summed E-state index contributed by atoms with van der Waals surface area (Å²) in [5, 5.41) is 3.20. The topological polar surface area (TPSA) is 63.2 Å². The minimum absolute atomic E-state index is 0.135. The highest BCUT2D eigenvalue weighted by Crippen LogP contribution is 2.61. The highest BCUT2D eigenvalue weighted by molar-refractivity contribution is 7.90. The van der Waals surface area contributed by atoms with Crippen LogP contribution >= 0.6 is 0 Å². The van der Waals surface area contributed by atoms with Crippen LogP contribution < -0.4 is 5.32 Å². The van der Waals surface area contributed by atoms with E-state index in [1.807, 2.05) is 0 Å². The normalized spacial score (nSPS) is 34.7. The number of nitrogens with one attached hydrogen (secondary N) is 1. The first-order valence-corrected chi connectivity index (χ1v) is 11.3. The number of carbonyl (C=O) groups is 1. The van der Waals surface area contributed by atoms with Crippen LogP contribution in [0.2, 0.25) is 0 Å². The smallest absolute Gasteiger partial charge is 0.251 e. The highest BCUT2D eigenvalue weighted by atomic mass is 32.2. The molecule has 136 valence electrons. The van der Waals surface area contributed by atoms with Gasteiger partial charge in [-0.25, -0.2) is 8.42 Å². The van der Waals surface area contributed by atoms with E-state index in [-0.39, 0.29) is 22.3 Å². The van der Waals surface area contributed by atoms with Crippen molar-refractivity contribution in [2.45, 2.75) is 56.4 Å². The Bertz CT molecular complexity index is 764. The molecule has 1 N–H and O–H groups in total. The van der Waals surface area contributed by atoms with Crippen LogP contribution in [0.3, 0.4) is 0 Å². The summed E-state index contributed by atoms with van der Waals surface area (Å²) in [6.45, 7) is 2.14. The van der Waals surface area contributed by atoms with Crippen molar-refractivity contribution in [3.63, 3.8) is 0 Å². The summed E-state index contributed by atoms with van der Waals surface area (Å²) in [6, 6.07) is 6.48. The largest absolute Gasteiger partial charge is 0.349 e. The van der Waals surface area contributed by atoms with Crippen LogP contribution in [-0.2, 0) is 9.84 Å². The molecule has 1 amide bonds. The number of amides is 1. The van der Waals surface area contributed by atoms with Gasteiger partial charge in [0.05, 0.1) is 4.90 Å². The molecule has 4 fully saturated rings. The molecule has 0 saturated heterocycles. The Morgan fingerprint density at radius 2 is 1.68 bits per heavy atom. The summed E-state index contributed by atoms with van der Waals surface area (Å²) in [4.78, 5) is 12.9. The second-order valence-corrected chi connectivity index (χ2v) is 10.8. The van der Waals surface area contributed by atoms with Crippen LogP contribution in [0.5, 0.6) is 0 Å². The molecule has 1 unspecified atom stereocenters. The van der Waals surface area contributed by atoms with E-state index in [1.165, 1.54) is 56.9 Å². The van der Waals surface area contributed by atoms with Crippen LogP contribution in [-0.4, -0.2) is 26.6 Å². The van der Waals surface area contributed by atoms with Gasteiger partial charge in [0.15, 0.2) is 9.84 Å². The second-order valence-electron chi connectivity index (χ2n) is 8.78. The predicted octanol–water partition coefficient (Wildman–Crippen LogP) is 3.42. The average Bonchev–Trinajstić information content (AvgIpc) is 2.53. The Morgan fingerprint density at radius 1 is 1.12 bits per heavy atom. The quantitative estimate of drug-likeness (QED) is 0.894. The van der Waals surface area contributed by atoms with Crippen molar-refractivity contribution in [2.75, 3.05) is 6.26 Å². The number of sulfone groups is 1. The van der Waals surface area contributed by atoms with Crippen LogP contribution in [0.25, 0.3) is 0 Å². The average molecular weight is 362 g/mol. The zero-order valence-corrected chi connectivity index (χ0v) is 15.8. The fourth-order valence-electron chi connectivity index (χ4n) is 6.01. The number of benzene rings is 1. The van der Waals surface area contributed by atoms with Gasteiger partial charge in [-0.05, 0) is 86.8 Å². The zero-order chi connectivity index (χ0) is 17.8. The van der Waals surface area contributed by atoms with Gasteiger partial charge in [0.1, 0.15) is 0 Å². The number of carbonyl (C=O) groups excluding carboxylic acids is 1. The van der Waals surface area contributed by atoms with Crippen molar-refractivity contribution in [2.24, 2.45) is 23.2 Å². The third-order valence-electron chi connectivity index (χ3n) is 6.88. The standard InChI is InChI=1S/C20H27NO3S/c1-13(20-10-14-6-15(11-20)8-16(7-14)12-20)21-19(22)17-4-3-5-18(9-17)25(2,23)24/h3-5,9,13-16H,6-8,10-12H2,1-2H3,(H,21,22). The molecule has 4 aliphatic carbocycles. The third kappa shape index (κ3) is 3.12. The molecule has 5 rings (SSSR count). The molecule has 4 nitrogen and oxygen atoms in total. The van der Waals surface area contributed by atoms with E-state index in [9.17, 15) is 13.2 Å². The van der Waals surface area contributed by atoms with Crippen LogP contribution in [0.15, 0.2) is 29.2 Å². The molecule has 5 heteroatoms. The maximum atomic E-state index is 12.7. The van der Waals surface area contributed by atoms with Gasteiger partial charge in [-0.15, -0.1) is 0 Å². The SMILES string of the molecule is CC(NC(=O)c1cccc(S(C)(=O)=O)c1)C12CC3CC(CC(C3)C1)C2. The Balaban J connectivity index is 1.51. The zero-order valence-electron chi connectivity index (χ0n) is 15.0. The molecule has 1 aromatic carbocycles. The molecule has 0 radical (unpaired) electrons. The van der Waals surface area contributed by atoms with Gasteiger partial charge in [-0.1, -0.05) is 6.07 Å². The molecule has 1 aromatic rings. The first-order valence-electron chi connectivity index (χ1n) is 9.36. The lowest BCUT2D eigenvalue weighted by Crippen LogP contribution is -2.55. The van der Waals surface area contributed by atoms with Gasteiger partial charge in [0, 0.05) is 17.9 Å². The lowest BCUT2D eigenvalue weighted by Gasteiger charge is -2.59. The molecule has 4 aliphatic rings. The van der Waals surface area contributed by atoms with E-state index in [2.05, 4.69) is 12.2 Å². The summed E-state index contributed by atoms with van der Waals surface area (Å²) in [6.07, 6.45) is 9.04. The van der Waals surface area contributed by atoms with Gasteiger partial charge in [0.25, 0.3) is 5.91 Å². The van der Waals surface area contributed by atoms with E-state index in [1.54, 1.807) is 12.1 Å². The highest BCUT2D eigenvalue weighted by Gasteiger charge is 2.53. The van der Waals surface area contributed by atoms with E-state index >= 15 is 0 Å². The first kappa shape index (κ1) is 17.1. The fourth-order valence-corrected chi connectivity index (χ4v) is 6.68. The molecule has 4 bridgehead atoms. The van der Waals surface area contributed by atoms with Crippen LogP contribution in [0.1, 0.15) is 55.8 Å². The molecule has 0 aliphatic heterocycles. The molecule has 0 heterocycles. The van der Waals surface area contributed by atoms with Crippen LogP contribution in [0.4, 0.5) is 0 Å². The van der Waals surface area contributed by atoms with Gasteiger partial charge < -0.3 is 5.32 Å². The van der Waals surface area contributed by atoms with E-state index < -0.39 is 9.84 Å². The first-order chi connectivity index (χ1) is 11.7. The monoisotopic (exact) mass is 361 g/mol. The van der Waals surface area contributed by atoms with Gasteiger partial charge >= 0.3 is 0 Å². The van der Waals surface area contributed by atoms with Crippen molar-refractivity contribution >= 4 is 15.7 Å². The van der Waals surface area contributed by atoms with Crippen molar-refractivity contribution in [1.29, 1.82) is 0 Å². The number of hydrogen-bond acceptors (Lipinski definition) is 3. The Labute approximate surface area is 150 Å². The summed E-state index contributed by atoms with van der Waals surface area (Å²) in [5.74, 6) is 2.38. The molecule has 0 aromatic heterocycles. The predicted molar refractivity (Wildman–Crippen MR) is 97.1 cm³/mol. The van der Waals surface area contributed by atoms with Crippen molar-refractivity contribution in [3.8, 4) is 0 Å². The van der Waals surface area contributed by atoms with Gasteiger partial charge in [-0.3, -0.25) is 4.79 Å². The lowest BCUT2D eigenvalue weighted by atomic mass is 9.48. The summed E-state index contributed by atoms with van der Waals surface area (Å²) in [5.41, 5.74) is 0.679. The molecular weight excluding hydrogens is 334 g/mol. The Morgan fingerprint density at radius 3 is 2.20 bits per heavy atom. The van der Waals surface area contributed by atoms with Gasteiger partial charge in [-0.2, -0.15) is 0 Å². The third-order valence-corrected chi connectivity index (χ3v) is 7.99. The molecule has 1 atom stereocenters. The summed E-state index contributed by atoms with van der Waals surface area (Å²) >= 11 is 0. The molecule has 25 heavy (non-hydrogen) atoms. The number of rotatable bonds is 4. The minimum Gasteiger partial charge on any atom is -0.349 e. The number of hydrogen-bond donors (Lipinski definition) is 1. The maximum Gasteiger partial charge on any atom is 0.251 e. The minimum atomic E-state index is -3.30. The Kier molecular flexibility index (Phi) is 3.98. The van der Waals surface area contributed by atoms with Gasteiger partial charge in [0.2, 0.25) is 0 Å². The van der Waals surface area contributed by atoms with Crippen molar-refractivity contribution in [1.82, 2.24) is 5.32 Å². The summed E-state index contributed by atoms with van der Waals surface area (Å²) < 4.78 is 23.5.